The van der Waals surface area contributed by atoms with Crippen molar-refractivity contribution in [2.24, 2.45) is 5.92 Å². The van der Waals surface area contributed by atoms with Crippen molar-refractivity contribution in [3.63, 3.8) is 0 Å². The van der Waals surface area contributed by atoms with Gasteiger partial charge in [-0.05, 0) is 24.6 Å². The maximum atomic E-state index is 13.1. The van der Waals surface area contributed by atoms with Gasteiger partial charge in [-0.2, -0.15) is 0 Å². The molecule has 6 heteroatoms. The molecule has 1 N–H and O–H groups in total. The predicted octanol–water partition coefficient (Wildman–Crippen LogP) is 2.36. The lowest BCUT2D eigenvalue weighted by molar-refractivity contribution is -0.126. The van der Waals surface area contributed by atoms with E-state index in [2.05, 4.69) is 5.32 Å². The molecule has 2 rings (SSSR count). The van der Waals surface area contributed by atoms with E-state index >= 15 is 0 Å². The summed E-state index contributed by atoms with van der Waals surface area (Å²) in [6.07, 6.45) is 1.02. The third-order valence-electron chi connectivity index (χ3n) is 3.26. The van der Waals surface area contributed by atoms with Crippen LogP contribution < -0.4 is 10.2 Å². The standard InChI is InChI=1S/C14H16ClFN2O2/c1-2-5-17-14(20)9-6-13(19)18(8-9)10-3-4-12(16)11(15)7-10/h3-4,7,9H,2,5-6,8H2,1H3,(H,17,20). The molecule has 1 aromatic rings. The van der Waals surface area contributed by atoms with Gasteiger partial charge in [0.15, 0.2) is 0 Å². The van der Waals surface area contributed by atoms with E-state index in [9.17, 15) is 14.0 Å². The van der Waals surface area contributed by atoms with E-state index in [1.54, 1.807) is 0 Å². The summed E-state index contributed by atoms with van der Waals surface area (Å²) in [6, 6.07) is 4.11. The first kappa shape index (κ1) is 14.8. The number of anilines is 1. The lowest BCUT2D eigenvalue weighted by atomic mass is 10.1. The highest BCUT2D eigenvalue weighted by Gasteiger charge is 2.35. The molecule has 1 heterocycles. The summed E-state index contributed by atoms with van der Waals surface area (Å²) in [5.41, 5.74) is 0.521. The Morgan fingerprint density at radius 2 is 2.30 bits per heavy atom. The Bertz CT molecular complexity index is 536. The van der Waals surface area contributed by atoms with Crippen LogP contribution in [0.1, 0.15) is 19.8 Å². The quantitative estimate of drug-likeness (QED) is 0.927. The van der Waals surface area contributed by atoms with Gasteiger partial charge in [-0.25, -0.2) is 4.39 Å². The summed E-state index contributed by atoms with van der Waals surface area (Å²) in [6.45, 7) is 2.87. The van der Waals surface area contributed by atoms with E-state index in [1.165, 1.54) is 23.1 Å². The highest BCUT2D eigenvalue weighted by Crippen LogP contribution is 2.28. The van der Waals surface area contributed by atoms with Gasteiger partial charge in [0.2, 0.25) is 11.8 Å². The number of nitrogens with zero attached hydrogens (tertiary/aromatic N) is 1. The SMILES string of the molecule is CCCNC(=O)C1CC(=O)N(c2ccc(F)c(Cl)c2)C1. The zero-order chi connectivity index (χ0) is 14.7. The van der Waals surface area contributed by atoms with Crippen molar-refractivity contribution in [2.75, 3.05) is 18.0 Å². The molecular formula is C14H16ClFN2O2. The molecule has 108 valence electrons. The summed E-state index contributed by atoms with van der Waals surface area (Å²) in [4.78, 5) is 25.3. The minimum atomic E-state index is -0.528. The zero-order valence-electron chi connectivity index (χ0n) is 11.2. The zero-order valence-corrected chi connectivity index (χ0v) is 11.9. The molecule has 1 saturated heterocycles. The summed E-state index contributed by atoms with van der Waals surface area (Å²) in [7, 11) is 0. The maximum Gasteiger partial charge on any atom is 0.227 e. The topological polar surface area (TPSA) is 49.4 Å². The van der Waals surface area contributed by atoms with Crippen molar-refractivity contribution >= 4 is 29.1 Å². The minimum Gasteiger partial charge on any atom is -0.356 e. The fraction of sp³-hybridized carbons (Fsp3) is 0.429. The highest BCUT2D eigenvalue weighted by molar-refractivity contribution is 6.31. The Kier molecular flexibility index (Phi) is 4.60. The van der Waals surface area contributed by atoms with E-state index in [0.717, 1.165) is 6.42 Å². The highest BCUT2D eigenvalue weighted by atomic mass is 35.5. The summed E-state index contributed by atoms with van der Waals surface area (Å²) < 4.78 is 13.1. The van der Waals surface area contributed by atoms with Crippen LogP contribution in [0.4, 0.5) is 10.1 Å². The van der Waals surface area contributed by atoms with E-state index in [0.29, 0.717) is 18.8 Å². The van der Waals surface area contributed by atoms with Gasteiger partial charge >= 0.3 is 0 Å². The van der Waals surface area contributed by atoms with Crippen molar-refractivity contribution in [3.8, 4) is 0 Å². The lowest BCUT2D eigenvalue weighted by Crippen LogP contribution is -2.33. The van der Waals surface area contributed by atoms with Crippen LogP contribution in [0.15, 0.2) is 18.2 Å². The van der Waals surface area contributed by atoms with Gasteiger partial charge in [-0.15, -0.1) is 0 Å². The van der Waals surface area contributed by atoms with Crippen LogP contribution in [0.25, 0.3) is 0 Å². The van der Waals surface area contributed by atoms with Crippen molar-refractivity contribution in [1.29, 1.82) is 0 Å². The average Bonchev–Trinajstić information content (AvgIpc) is 2.81. The number of rotatable bonds is 4. The van der Waals surface area contributed by atoms with Crippen LogP contribution in [-0.2, 0) is 9.59 Å². The van der Waals surface area contributed by atoms with Crippen LogP contribution in [-0.4, -0.2) is 24.9 Å². The summed E-state index contributed by atoms with van der Waals surface area (Å²) >= 11 is 5.72. The molecule has 2 amide bonds. The van der Waals surface area contributed by atoms with Crippen LogP contribution >= 0.6 is 11.6 Å². The summed E-state index contributed by atoms with van der Waals surface area (Å²) in [5, 5.41) is 2.75. The van der Waals surface area contributed by atoms with Crippen molar-refractivity contribution in [3.05, 3.63) is 29.0 Å². The molecular weight excluding hydrogens is 283 g/mol. The Morgan fingerprint density at radius 3 is 2.95 bits per heavy atom. The third kappa shape index (κ3) is 3.10. The first-order valence-corrected chi connectivity index (χ1v) is 6.94. The molecule has 4 nitrogen and oxygen atoms in total. The summed E-state index contributed by atoms with van der Waals surface area (Å²) in [5.74, 6) is -1.16. The van der Waals surface area contributed by atoms with Gasteiger partial charge < -0.3 is 10.2 Å². The van der Waals surface area contributed by atoms with Gasteiger partial charge in [0.25, 0.3) is 0 Å². The Balaban J connectivity index is 2.09. The molecule has 0 aromatic heterocycles. The average molecular weight is 299 g/mol. The largest absolute Gasteiger partial charge is 0.356 e. The molecule has 0 radical (unpaired) electrons. The predicted molar refractivity (Wildman–Crippen MR) is 75.2 cm³/mol. The second-order valence-corrected chi connectivity index (χ2v) is 5.20. The van der Waals surface area contributed by atoms with Crippen LogP contribution in [0.3, 0.4) is 0 Å². The van der Waals surface area contributed by atoms with Crippen LogP contribution in [0, 0.1) is 11.7 Å². The van der Waals surface area contributed by atoms with E-state index < -0.39 is 5.82 Å². The van der Waals surface area contributed by atoms with E-state index in [4.69, 9.17) is 11.6 Å². The third-order valence-corrected chi connectivity index (χ3v) is 3.55. The second kappa shape index (κ2) is 6.22. The number of amides is 2. The molecule has 0 spiro atoms. The Morgan fingerprint density at radius 1 is 1.55 bits per heavy atom. The first-order valence-electron chi connectivity index (χ1n) is 6.56. The van der Waals surface area contributed by atoms with Crippen LogP contribution in [0.2, 0.25) is 5.02 Å². The number of carbonyl (C=O) groups excluding carboxylic acids is 2. The normalized spacial score (nSPS) is 18.4. The monoisotopic (exact) mass is 298 g/mol. The fourth-order valence-electron chi connectivity index (χ4n) is 2.18. The fourth-order valence-corrected chi connectivity index (χ4v) is 2.35. The van der Waals surface area contributed by atoms with Gasteiger partial charge in [0.1, 0.15) is 5.82 Å². The number of carbonyl (C=O) groups is 2. The molecule has 1 aliphatic heterocycles. The number of benzene rings is 1. The number of hydrogen-bond donors (Lipinski definition) is 1. The van der Waals surface area contributed by atoms with E-state index in [1.807, 2.05) is 6.92 Å². The Hall–Kier alpha value is -1.62. The molecule has 0 saturated carbocycles. The van der Waals surface area contributed by atoms with E-state index in [-0.39, 0.29) is 29.2 Å². The van der Waals surface area contributed by atoms with Crippen molar-refractivity contribution in [1.82, 2.24) is 5.32 Å². The van der Waals surface area contributed by atoms with Gasteiger partial charge in [-0.3, -0.25) is 9.59 Å². The number of nitrogens with one attached hydrogen (secondary N) is 1. The minimum absolute atomic E-state index is 0.0332. The maximum absolute atomic E-state index is 13.1. The first-order chi connectivity index (χ1) is 9.52. The molecule has 20 heavy (non-hydrogen) atoms. The number of halogens is 2. The molecule has 1 atom stereocenters. The van der Waals surface area contributed by atoms with Gasteiger partial charge in [0.05, 0.1) is 10.9 Å². The smallest absolute Gasteiger partial charge is 0.227 e. The molecule has 0 aliphatic carbocycles. The van der Waals surface area contributed by atoms with Crippen LogP contribution in [0.5, 0.6) is 0 Å². The lowest BCUT2D eigenvalue weighted by Gasteiger charge is -2.17. The Labute approximate surface area is 121 Å². The molecule has 1 fully saturated rings. The molecule has 1 unspecified atom stereocenters. The van der Waals surface area contributed by atoms with Crippen molar-refractivity contribution in [2.45, 2.75) is 19.8 Å². The second-order valence-electron chi connectivity index (χ2n) is 4.79. The van der Waals surface area contributed by atoms with Gasteiger partial charge in [-0.1, -0.05) is 18.5 Å². The van der Waals surface area contributed by atoms with Gasteiger partial charge in [0, 0.05) is 25.2 Å². The molecule has 0 bridgehead atoms. The van der Waals surface area contributed by atoms with Crippen molar-refractivity contribution < 1.29 is 14.0 Å². The molecule has 1 aromatic carbocycles. The number of hydrogen-bond acceptors (Lipinski definition) is 2. The molecule has 1 aliphatic rings.